The number of aromatic nitrogens is 4. The van der Waals surface area contributed by atoms with Gasteiger partial charge in [0.25, 0.3) is 5.56 Å². The average Bonchev–Trinajstić information content (AvgIpc) is 2.77. The molecular weight excluding hydrogens is 411 g/mol. The van der Waals surface area contributed by atoms with E-state index in [0.29, 0.717) is 28.0 Å². The summed E-state index contributed by atoms with van der Waals surface area (Å²) in [4.78, 5) is 25.5. The molecule has 0 bridgehead atoms. The van der Waals surface area contributed by atoms with Gasteiger partial charge in [-0.25, -0.2) is 4.98 Å². The molecule has 158 valence electrons. The smallest absolute Gasteiger partial charge is 0.405 e. The van der Waals surface area contributed by atoms with E-state index in [0.717, 1.165) is 0 Å². The number of anilines is 1. The minimum atomic E-state index is -4.43. The van der Waals surface area contributed by atoms with Crippen molar-refractivity contribution in [1.82, 2.24) is 19.5 Å². The van der Waals surface area contributed by atoms with Gasteiger partial charge in [0.2, 0.25) is 5.95 Å². The zero-order valence-corrected chi connectivity index (χ0v) is 16.2. The van der Waals surface area contributed by atoms with Crippen molar-refractivity contribution in [1.29, 1.82) is 0 Å². The number of halogens is 3. The molecule has 0 fully saturated rings. The van der Waals surface area contributed by atoms with Crippen molar-refractivity contribution >= 4 is 17.0 Å². The normalized spacial score (nSPS) is 11.5. The number of rotatable bonds is 5. The fraction of sp³-hybridized carbons (Fsp3) is 0.143. The molecule has 0 aliphatic heterocycles. The summed E-state index contributed by atoms with van der Waals surface area (Å²) < 4.78 is 44.3. The molecule has 0 aliphatic rings. The highest BCUT2D eigenvalue weighted by molar-refractivity contribution is 5.83. The van der Waals surface area contributed by atoms with Crippen LogP contribution in [-0.4, -0.2) is 39.3 Å². The molecule has 0 aliphatic carbocycles. The van der Waals surface area contributed by atoms with E-state index in [1.807, 2.05) is 0 Å². The van der Waals surface area contributed by atoms with Crippen LogP contribution in [0, 0.1) is 0 Å². The van der Waals surface area contributed by atoms with Gasteiger partial charge in [0, 0.05) is 29.5 Å². The van der Waals surface area contributed by atoms with E-state index < -0.39 is 12.7 Å². The van der Waals surface area contributed by atoms with Crippen LogP contribution >= 0.6 is 0 Å². The number of ether oxygens (including phenoxy) is 1. The van der Waals surface area contributed by atoms with E-state index in [9.17, 15) is 18.0 Å². The SMILES string of the molecule is COc1ccc(-n2c(=O)c(-c3ccncc3)cc3cnc(NCC(F)(F)F)nc32)cc1. The molecule has 0 radical (unpaired) electrons. The predicted octanol–water partition coefficient (Wildman–Crippen LogP) is 3.83. The molecule has 10 heteroatoms. The van der Waals surface area contributed by atoms with Gasteiger partial charge in [-0.15, -0.1) is 0 Å². The zero-order chi connectivity index (χ0) is 22.0. The summed E-state index contributed by atoms with van der Waals surface area (Å²) in [5, 5.41) is 2.63. The second-order valence-corrected chi connectivity index (χ2v) is 6.57. The first-order valence-corrected chi connectivity index (χ1v) is 9.14. The second kappa shape index (κ2) is 8.05. The maximum absolute atomic E-state index is 13.4. The number of nitrogens with zero attached hydrogens (tertiary/aromatic N) is 4. The Labute approximate surface area is 174 Å². The molecule has 1 aromatic carbocycles. The Hall–Kier alpha value is -3.95. The Kier molecular flexibility index (Phi) is 5.28. The maximum Gasteiger partial charge on any atom is 0.405 e. The van der Waals surface area contributed by atoms with Gasteiger partial charge in [0.15, 0.2) is 5.65 Å². The van der Waals surface area contributed by atoms with Crippen molar-refractivity contribution in [2.45, 2.75) is 6.18 Å². The monoisotopic (exact) mass is 427 g/mol. The van der Waals surface area contributed by atoms with E-state index in [4.69, 9.17) is 4.74 Å². The quantitative estimate of drug-likeness (QED) is 0.522. The Morgan fingerprint density at radius 3 is 2.45 bits per heavy atom. The molecule has 0 saturated heterocycles. The lowest BCUT2D eigenvalue weighted by Gasteiger charge is -2.14. The molecule has 7 nitrogen and oxygen atoms in total. The summed E-state index contributed by atoms with van der Waals surface area (Å²) in [7, 11) is 1.52. The number of alkyl halides is 3. The molecule has 0 amide bonds. The minimum absolute atomic E-state index is 0.174. The Balaban J connectivity index is 1.94. The van der Waals surface area contributed by atoms with Gasteiger partial charge >= 0.3 is 6.18 Å². The average molecular weight is 427 g/mol. The summed E-state index contributed by atoms with van der Waals surface area (Å²) in [6.45, 7) is -1.29. The molecule has 4 rings (SSSR count). The summed E-state index contributed by atoms with van der Waals surface area (Å²) in [5.41, 5.74) is 1.29. The highest BCUT2D eigenvalue weighted by atomic mass is 19.4. The predicted molar refractivity (Wildman–Crippen MR) is 109 cm³/mol. The fourth-order valence-corrected chi connectivity index (χ4v) is 3.07. The van der Waals surface area contributed by atoms with Gasteiger partial charge in [-0.2, -0.15) is 18.2 Å². The van der Waals surface area contributed by atoms with Gasteiger partial charge in [-0.1, -0.05) is 0 Å². The standard InChI is InChI=1S/C21H16F3N5O2/c1-31-16-4-2-15(3-5-16)29-18-14(11-26-20(28-18)27-12-21(22,23)24)10-17(19(29)30)13-6-8-25-9-7-13/h2-11H,12H2,1H3,(H,26,27,28). The molecule has 0 unspecified atom stereocenters. The number of nitrogens with one attached hydrogen (secondary N) is 1. The van der Waals surface area contributed by atoms with E-state index >= 15 is 0 Å². The molecule has 0 saturated carbocycles. The van der Waals surface area contributed by atoms with Gasteiger partial charge in [0.1, 0.15) is 12.3 Å². The van der Waals surface area contributed by atoms with Crippen LogP contribution in [0.25, 0.3) is 27.8 Å². The zero-order valence-electron chi connectivity index (χ0n) is 16.2. The molecule has 0 spiro atoms. The third kappa shape index (κ3) is 4.32. The van der Waals surface area contributed by atoms with Crippen molar-refractivity contribution in [2.24, 2.45) is 0 Å². The molecule has 4 aromatic rings. The first kappa shape index (κ1) is 20.3. The summed E-state index contributed by atoms with van der Waals surface area (Å²) >= 11 is 0. The minimum Gasteiger partial charge on any atom is -0.497 e. The van der Waals surface area contributed by atoms with Gasteiger partial charge in [-0.3, -0.25) is 14.3 Å². The number of methoxy groups -OCH3 is 1. The lowest BCUT2D eigenvalue weighted by molar-refractivity contribution is -0.115. The molecule has 31 heavy (non-hydrogen) atoms. The third-order valence-corrected chi connectivity index (χ3v) is 4.51. The molecule has 0 atom stereocenters. The van der Waals surface area contributed by atoms with Crippen molar-refractivity contribution in [3.63, 3.8) is 0 Å². The lowest BCUT2D eigenvalue weighted by Crippen LogP contribution is -2.24. The van der Waals surface area contributed by atoms with Crippen LogP contribution in [0.4, 0.5) is 19.1 Å². The number of fused-ring (bicyclic) bond motifs is 1. The van der Waals surface area contributed by atoms with Crippen molar-refractivity contribution in [2.75, 3.05) is 19.0 Å². The van der Waals surface area contributed by atoms with Crippen LogP contribution in [-0.2, 0) is 0 Å². The maximum atomic E-state index is 13.4. The Morgan fingerprint density at radius 1 is 1.10 bits per heavy atom. The number of benzene rings is 1. The van der Waals surface area contributed by atoms with Crippen LogP contribution in [0.2, 0.25) is 0 Å². The van der Waals surface area contributed by atoms with Crippen molar-refractivity contribution in [3.8, 4) is 22.6 Å². The van der Waals surface area contributed by atoms with Crippen LogP contribution in [0.1, 0.15) is 0 Å². The second-order valence-electron chi connectivity index (χ2n) is 6.57. The Bertz CT molecular complexity index is 1270. The summed E-state index contributed by atoms with van der Waals surface area (Å²) in [5.74, 6) is 0.358. The number of hydrogen-bond donors (Lipinski definition) is 1. The molecule has 3 aromatic heterocycles. The number of pyridine rings is 2. The third-order valence-electron chi connectivity index (χ3n) is 4.51. The van der Waals surface area contributed by atoms with Crippen LogP contribution < -0.4 is 15.6 Å². The molecule has 3 heterocycles. The molecular formula is C21H16F3N5O2. The summed E-state index contributed by atoms with van der Waals surface area (Å²) in [6, 6.07) is 11.7. The van der Waals surface area contributed by atoms with E-state index in [2.05, 4.69) is 20.3 Å². The highest BCUT2D eigenvalue weighted by Crippen LogP contribution is 2.24. The van der Waals surface area contributed by atoms with Crippen LogP contribution in [0.3, 0.4) is 0 Å². The van der Waals surface area contributed by atoms with Gasteiger partial charge < -0.3 is 10.1 Å². The van der Waals surface area contributed by atoms with Crippen molar-refractivity contribution in [3.05, 3.63) is 71.4 Å². The largest absolute Gasteiger partial charge is 0.497 e. The van der Waals surface area contributed by atoms with E-state index in [-0.39, 0.29) is 17.2 Å². The van der Waals surface area contributed by atoms with Crippen molar-refractivity contribution < 1.29 is 17.9 Å². The lowest BCUT2D eigenvalue weighted by atomic mass is 10.1. The van der Waals surface area contributed by atoms with Crippen LogP contribution in [0.5, 0.6) is 5.75 Å². The topological polar surface area (TPSA) is 81.9 Å². The van der Waals surface area contributed by atoms with Gasteiger partial charge in [-0.05, 0) is 48.0 Å². The number of hydrogen-bond acceptors (Lipinski definition) is 6. The van der Waals surface area contributed by atoms with E-state index in [1.165, 1.54) is 17.9 Å². The molecule has 1 N–H and O–H groups in total. The van der Waals surface area contributed by atoms with Gasteiger partial charge in [0.05, 0.1) is 12.8 Å². The first-order chi connectivity index (χ1) is 14.9. The van der Waals surface area contributed by atoms with Crippen LogP contribution in [0.15, 0.2) is 65.8 Å². The fourth-order valence-electron chi connectivity index (χ4n) is 3.07. The highest BCUT2D eigenvalue weighted by Gasteiger charge is 2.27. The Morgan fingerprint density at radius 2 is 1.81 bits per heavy atom. The first-order valence-electron chi connectivity index (χ1n) is 9.14. The summed E-state index contributed by atoms with van der Waals surface area (Å²) in [6.07, 6.45) is 0.0824. The van der Waals surface area contributed by atoms with E-state index in [1.54, 1.807) is 54.9 Å².